The summed E-state index contributed by atoms with van der Waals surface area (Å²) in [6.45, 7) is 2.94. The normalized spacial score (nSPS) is 21.4. The maximum atomic E-state index is 14.3. The molecule has 164 valence electrons. The molecule has 3 unspecified atom stereocenters. The summed E-state index contributed by atoms with van der Waals surface area (Å²) < 4.78 is 90.6. The predicted octanol–water partition coefficient (Wildman–Crippen LogP) is 4.13. The number of rotatable bonds is 11. The third-order valence-electron chi connectivity index (χ3n) is 4.62. The second-order valence-electron chi connectivity index (χ2n) is 7.03. The van der Waals surface area contributed by atoms with Gasteiger partial charge in [-0.3, -0.25) is 9.35 Å². The Hall–Kier alpha value is -0.810. The van der Waals surface area contributed by atoms with Gasteiger partial charge in [-0.25, -0.2) is 17.6 Å². The van der Waals surface area contributed by atoms with Gasteiger partial charge in [-0.2, -0.15) is 20.2 Å². The standard InChI is InChI=1S/C17H26F4O5S2/c1-11(28(23,24)25)14(20)15(21)16(12(19)10-18)27-9-6-13(22)26-17(2)7-4-3-5-8-17/h12,14-16H,1,3-10H2,2H3,(H,23,24,25)/t12?,14?,15-,16?/m1/s1. The highest BCUT2D eigenvalue weighted by atomic mass is 32.2. The predicted molar refractivity (Wildman–Crippen MR) is 99.8 cm³/mol. The smallest absolute Gasteiger partial charge is 0.307 e. The molecule has 0 radical (unpaired) electrons. The van der Waals surface area contributed by atoms with E-state index in [4.69, 9.17) is 9.29 Å². The largest absolute Gasteiger partial charge is 0.459 e. The number of ether oxygens (including phenoxy) is 1. The molecule has 0 spiro atoms. The zero-order chi connectivity index (χ0) is 21.5. The van der Waals surface area contributed by atoms with Crippen molar-refractivity contribution in [2.75, 3.05) is 12.4 Å². The zero-order valence-electron chi connectivity index (χ0n) is 15.6. The molecular formula is C17H26F4O5S2. The highest BCUT2D eigenvalue weighted by molar-refractivity contribution is 8.00. The SMILES string of the molecule is C=C(C(F)[C@@H](F)C(SCCC(=O)OC1(C)CCCCC1)C(F)CF)S(=O)(=O)O. The minimum atomic E-state index is -5.08. The first-order valence-corrected chi connectivity index (χ1v) is 11.4. The molecule has 1 saturated carbocycles. The first kappa shape index (κ1) is 25.2. The van der Waals surface area contributed by atoms with Crippen LogP contribution in [0.25, 0.3) is 0 Å². The van der Waals surface area contributed by atoms with Crippen molar-refractivity contribution < 1.29 is 40.1 Å². The highest BCUT2D eigenvalue weighted by Crippen LogP contribution is 2.33. The van der Waals surface area contributed by atoms with Crippen LogP contribution in [0, 0.1) is 0 Å². The number of thioether (sulfide) groups is 1. The summed E-state index contributed by atoms with van der Waals surface area (Å²) in [5.41, 5.74) is -0.582. The Bertz CT molecular complexity index is 637. The van der Waals surface area contributed by atoms with Gasteiger partial charge in [0.2, 0.25) is 0 Å². The van der Waals surface area contributed by atoms with Crippen LogP contribution in [0.3, 0.4) is 0 Å². The van der Waals surface area contributed by atoms with Crippen LogP contribution < -0.4 is 0 Å². The van der Waals surface area contributed by atoms with Crippen molar-refractivity contribution in [3.05, 3.63) is 11.5 Å². The maximum Gasteiger partial charge on any atom is 0.307 e. The number of hydrogen-bond donors (Lipinski definition) is 1. The highest BCUT2D eigenvalue weighted by Gasteiger charge is 2.40. The summed E-state index contributed by atoms with van der Waals surface area (Å²) in [6.07, 6.45) is -4.02. The summed E-state index contributed by atoms with van der Waals surface area (Å²) >= 11 is 0.460. The summed E-state index contributed by atoms with van der Waals surface area (Å²) in [5, 5.41) is -1.92. The van der Waals surface area contributed by atoms with E-state index in [2.05, 4.69) is 6.58 Å². The third kappa shape index (κ3) is 7.55. The molecule has 0 aliphatic heterocycles. The molecule has 0 amide bonds. The van der Waals surface area contributed by atoms with Crippen LogP contribution in [0.1, 0.15) is 45.4 Å². The lowest BCUT2D eigenvalue weighted by molar-refractivity contribution is -0.160. The van der Waals surface area contributed by atoms with E-state index in [1.807, 2.05) is 6.92 Å². The van der Waals surface area contributed by atoms with Crippen molar-refractivity contribution in [2.45, 2.75) is 74.8 Å². The average molecular weight is 451 g/mol. The fourth-order valence-electron chi connectivity index (χ4n) is 2.98. The molecule has 0 aromatic heterocycles. The number of hydrogen-bond acceptors (Lipinski definition) is 5. The summed E-state index contributed by atoms with van der Waals surface area (Å²) in [4.78, 5) is 10.5. The lowest BCUT2D eigenvalue weighted by Gasteiger charge is -2.33. The topological polar surface area (TPSA) is 80.7 Å². The molecule has 28 heavy (non-hydrogen) atoms. The van der Waals surface area contributed by atoms with Crippen molar-refractivity contribution in [1.82, 2.24) is 0 Å². The van der Waals surface area contributed by atoms with Gasteiger partial charge in [0.05, 0.1) is 11.7 Å². The Morgan fingerprint density at radius 2 is 1.82 bits per heavy atom. The van der Waals surface area contributed by atoms with Crippen molar-refractivity contribution in [3.63, 3.8) is 0 Å². The van der Waals surface area contributed by atoms with Gasteiger partial charge in [-0.05, 0) is 32.6 Å². The van der Waals surface area contributed by atoms with E-state index in [0.717, 1.165) is 32.1 Å². The van der Waals surface area contributed by atoms with Crippen LogP contribution in [0.5, 0.6) is 0 Å². The first-order chi connectivity index (χ1) is 12.9. The molecule has 1 N–H and O–H groups in total. The van der Waals surface area contributed by atoms with E-state index in [1.165, 1.54) is 0 Å². The Morgan fingerprint density at radius 3 is 2.32 bits per heavy atom. The van der Waals surface area contributed by atoms with E-state index >= 15 is 0 Å². The Balaban J connectivity index is 2.64. The van der Waals surface area contributed by atoms with E-state index in [1.54, 1.807) is 0 Å². The van der Waals surface area contributed by atoms with Crippen LogP contribution >= 0.6 is 11.8 Å². The van der Waals surface area contributed by atoms with Crippen LogP contribution in [-0.4, -0.2) is 60.7 Å². The van der Waals surface area contributed by atoms with Gasteiger partial charge < -0.3 is 4.74 Å². The molecule has 4 atom stereocenters. The lowest BCUT2D eigenvalue weighted by Crippen LogP contribution is -2.39. The van der Waals surface area contributed by atoms with Gasteiger partial charge >= 0.3 is 5.97 Å². The van der Waals surface area contributed by atoms with E-state index in [9.17, 15) is 30.8 Å². The Labute approximate surface area is 167 Å². The molecular weight excluding hydrogens is 424 g/mol. The van der Waals surface area contributed by atoms with Gasteiger partial charge in [-0.1, -0.05) is 13.0 Å². The molecule has 1 fully saturated rings. The molecule has 1 rings (SSSR count). The fourth-order valence-corrected chi connectivity index (χ4v) is 4.55. The zero-order valence-corrected chi connectivity index (χ0v) is 17.2. The maximum absolute atomic E-state index is 14.3. The van der Waals surface area contributed by atoms with Gasteiger partial charge in [-0.15, -0.1) is 0 Å². The van der Waals surface area contributed by atoms with Crippen molar-refractivity contribution >= 4 is 27.8 Å². The number of alkyl halides is 4. The van der Waals surface area contributed by atoms with Crippen LogP contribution in [0.2, 0.25) is 0 Å². The summed E-state index contributed by atoms with van der Waals surface area (Å²) in [7, 11) is -5.08. The minimum Gasteiger partial charge on any atom is -0.459 e. The third-order valence-corrected chi connectivity index (χ3v) is 6.89. The second-order valence-corrected chi connectivity index (χ2v) is 9.79. The summed E-state index contributed by atoms with van der Waals surface area (Å²) in [5.74, 6) is -0.758. The second kappa shape index (κ2) is 10.8. The average Bonchev–Trinajstić information content (AvgIpc) is 2.62. The van der Waals surface area contributed by atoms with Crippen LogP contribution in [0.15, 0.2) is 11.5 Å². The van der Waals surface area contributed by atoms with E-state index in [-0.39, 0.29) is 12.2 Å². The van der Waals surface area contributed by atoms with Crippen molar-refractivity contribution in [3.8, 4) is 0 Å². The Kier molecular flexibility index (Phi) is 9.75. The quantitative estimate of drug-likeness (QED) is 0.290. The Morgan fingerprint density at radius 1 is 1.25 bits per heavy atom. The molecule has 1 aliphatic rings. The van der Waals surface area contributed by atoms with Crippen LogP contribution in [0.4, 0.5) is 17.6 Å². The molecule has 0 aromatic carbocycles. The van der Waals surface area contributed by atoms with Gasteiger partial charge in [0.15, 0.2) is 12.3 Å². The number of carbonyl (C=O) groups is 1. The lowest BCUT2D eigenvalue weighted by atomic mass is 9.86. The van der Waals surface area contributed by atoms with E-state index in [0.29, 0.717) is 11.8 Å². The summed E-state index contributed by atoms with van der Waals surface area (Å²) in [6, 6.07) is 0. The molecule has 0 bridgehead atoms. The molecule has 11 heteroatoms. The molecule has 0 saturated heterocycles. The fraction of sp³-hybridized carbons (Fsp3) is 0.824. The molecule has 0 heterocycles. The van der Waals surface area contributed by atoms with Crippen molar-refractivity contribution in [2.24, 2.45) is 0 Å². The number of esters is 1. The molecule has 5 nitrogen and oxygen atoms in total. The van der Waals surface area contributed by atoms with Crippen molar-refractivity contribution in [1.29, 1.82) is 0 Å². The first-order valence-electron chi connectivity index (χ1n) is 8.89. The van der Waals surface area contributed by atoms with Crippen LogP contribution in [-0.2, 0) is 19.6 Å². The number of halogens is 4. The molecule has 0 aromatic rings. The molecule has 1 aliphatic carbocycles. The van der Waals surface area contributed by atoms with Gasteiger partial charge in [0, 0.05) is 5.75 Å². The number of allylic oxidation sites excluding steroid dienone is 1. The minimum absolute atomic E-state index is 0.175. The van der Waals surface area contributed by atoms with Gasteiger partial charge in [0.25, 0.3) is 10.1 Å². The van der Waals surface area contributed by atoms with Gasteiger partial charge in [0.1, 0.15) is 23.4 Å². The van der Waals surface area contributed by atoms with E-state index < -0.39 is 57.0 Å². The number of carbonyl (C=O) groups excluding carboxylic acids is 1. The monoisotopic (exact) mass is 450 g/mol.